The predicted molar refractivity (Wildman–Crippen MR) is 132 cm³/mol. The molecule has 0 fully saturated rings. The highest BCUT2D eigenvalue weighted by Crippen LogP contribution is 2.41. The van der Waals surface area contributed by atoms with Gasteiger partial charge in [-0.05, 0) is 59.2 Å². The van der Waals surface area contributed by atoms with E-state index >= 15 is 0 Å². The van der Waals surface area contributed by atoms with Gasteiger partial charge in [0.05, 0.1) is 11.4 Å². The molecule has 0 unspecified atom stereocenters. The van der Waals surface area contributed by atoms with E-state index in [0.717, 1.165) is 49.4 Å². The molecule has 5 aromatic rings. The molecular formula is C28H19Cl2N. The van der Waals surface area contributed by atoms with Crippen molar-refractivity contribution in [3.63, 3.8) is 0 Å². The Labute approximate surface area is 192 Å². The Morgan fingerprint density at radius 3 is 1.58 bits per heavy atom. The van der Waals surface area contributed by atoms with Crippen LogP contribution in [0, 0.1) is 0 Å². The van der Waals surface area contributed by atoms with Crippen LogP contribution in [0.15, 0.2) is 115 Å². The molecule has 0 saturated carbocycles. The molecular weight excluding hydrogens is 421 g/mol. The Kier molecular flexibility index (Phi) is 5.38. The van der Waals surface area contributed by atoms with Crippen molar-refractivity contribution in [2.24, 2.45) is 0 Å². The number of para-hydroxylation sites is 1. The van der Waals surface area contributed by atoms with Gasteiger partial charge in [-0.1, -0.05) is 96.0 Å². The number of rotatable bonds is 4. The molecule has 1 nitrogen and oxygen atoms in total. The highest BCUT2D eigenvalue weighted by molar-refractivity contribution is 6.31. The highest BCUT2D eigenvalue weighted by Gasteiger charge is 2.20. The van der Waals surface area contributed by atoms with Gasteiger partial charge in [-0.2, -0.15) is 0 Å². The summed E-state index contributed by atoms with van der Waals surface area (Å²) in [6, 6.07) is 39.2. The van der Waals surface area contributed by atoms with Crippen molar-refractivity contribution in [2.75, 3.05) is 0 Å². The summed E-state index contributed by atoms with van der Waals surface area (Å²) in [5.74, 6) is 0. The first-order valence-corrected chi connectivity index (χ1v) is 10.8. The summed E-state index contributed by atoms with van der Waals surface area (Å²) in [5.41, 5.74) is 7.86. The van der Waals surface area contributed by atoms with Crippen LogP contribution in [0.4, 0.5) is 0 Å². The Morgan fingerprint density at radius 1 is 0.484 bits per heavy atom. The molecule has 0 saturated heterocycles. The molecule has 0 N–H and O–H groups in total. The predicted octanol–water partition coefficient (Wildman–Crippen LogP) is 8.79. The minimum Gasteiger partial charge on any atom is -0.309 e. The molecule has 31 heavy (non-hydrogen) atoms. The third-order valence-corrected chi connectivity index (χ3v) is 5.86. The average molecular weight is 440 g/mol. The Bertz CT molecular complexity index is 1300. The van der Waals surface area contributed by atoms with E-state index in [-0.39, 0.29) is 0 Å². The number of benzene rings is 4. The third-order valence-electron chi connectivity index (χ3n) is 5.36. The van der Waals surface area contributed by atoms with Crippen LogP contribution in [-0.4, -0.2) is 4.57 Å². The van der Waals surface area contributed by atoms with E-state index in [4.69, 9.17) is 23.2 Å². The molecule has 0 atom stereocenters. The van der Waals surface area contributed by atoms with Crippen molar-refractivity contribution in [1.82, 2.24) is 4.57 Å². The lowest BCUT2D eigenvalue weighted by Crippen LogP contribution is -1.99. The van der Waals surface area contributed by atoms with E-state index in [9.17, 15) is 0 Å². The van der Waals surface area contributed by atoms with Crippen LogP contribution in [0.1, 0.15) is 0 Å². The fourth-order valence-corrected chi connectivity index (χ4v) is 4.17. The topological polar surface area (TPSA) is 4.93 Å². The first kappa shape index (κ1) is 19.7. The maximum absolute atomic E-state index is 6.21. The van der Waals surface area contributed by atoms with Crippen LogP contribution in [0.25, 0.3) is 39.3 Å². The largest absolute Gasteiger partial charge is 0.309 e. The van der Waals surface area contributed by atoms with Crippen molar-refractivity contribution < 1.29 is 0 Å². The monoisotopic (exact) mass is 439 g/mol. The molecule has 1 aromatic heterocycles. The molecule has 0 amide bonds. The van der Waals surface area contributed by atoms with E-state index < -0.39 is 0 Å². The Hall–Kier alpha value is -3.26. The molecule has 0 aliphatic rings. The van der Waals surface area contributed by atoms with Gasteiger partial charge in [0, 0.05) is 21.3 Å². The summed E-state index contributed by atoms with van der Waals surface area (Å²) in [6.07, 6.45) is 0. The fraction of sp³-hybridized carbons (Fsp3) is 0. The van der Waals surface area contributed by atoms with Crippen LogP contribution >= 0.6 is 23.2 Å². The van der Waals surface area contributed by atoms with E-state index in [1.807, 2.05) is 36.4 Å². The standard InChI is InChI=1S/C28H19Cl2N/c29-23-15-11-21(12-16-23)27-19-26(20-7-3-1-4-8-20)28(22-13-17-24(30)18-14-22)31(27)25-9-5-2-6-10-25/h1-19H. The van der Waals surface area contributed by atoms with Gasteiger partial charge in [-0.25, -0.2) is 0 Å². The maximum Gasteiger partial charge on any atom is 0.0613 e. The van der Waals surface area contributed by atoms with Gasteiger partial charge in [-0.15, -0.1) is 0 Å². The number of halogens is 2. The van der Waals surface area contributed by atoms with E-state index in [2.05, 4.69) is 83.4 Å². The van der Waals surface area contributed by atoms with E-state index in [1.54, 1.807) is 0 Å². The smallest absolute Gasteiger partial charge is 0.0613 e. The van der Waals surface area contributed by atoms with Crippen LogP contribution in [-0.2, 0) is 0 Å². The van der Waals surface area contributed by atoms with Gasteiger partial charge >= 0.3 is 0 Å². The molecule has 1 heterocycles. The molecule has 0 aliphatic heterocycles. The second kappa shape index (κ2) is 8.47. The number of hydrogen-bond donors (Lipinski definition) is 0. The highest BCUT2D eigenvalue weighted by atomic mass is 35.5. The first-order valence-electron chi connectivity index (χ1n) is 10.1. The normalized spacial score (nSPS) is 10.9. The Balaban J connectivity index is 1.87. The SMILES string of the molecule is Clc1ccc(-c2cc(-c3ccccc3)c(-c3ccc(Cl)cc3)n2-c2ccccc2)cc1. The average Bonchev–Trinajstić information content (AvgIpc) is 3.22. The van der Waals surface area contributed by atoms with Gasteiger partial charge in [0.25, 0.3) is 0 Å². The van der Waals surface area contributed by atoms with E-state index in [0.29, 0.717) is 0 Å². The summed E-state index contributed by atoms with van der Waals surface area (Å²) in [4.78, 5) is 0. The number of hydrogen-bond acceptors (Lipinski definition) is 0. The molecule has 0 radical (unpaired) electrons. The van der Waals surface area contributed by atoms with Gasteiger partial charge in [0.2, 0.25) is 0 Å². The third kappa shape index (κ3) is 3.90. The fourth-order valence-electron chi connectivity index (χ4n) is 3.92. The number of aromatic nitrogens is 1. The van der Waals surface area contributed by atoms with Crippen LogP contribution in [0.5, 0.6) is 0 Å². The lowest BCUT2D eigenvalue weighted by molar-refractivity contribution is 1.10. The van der Waals surface area contributed by atoms with Crippen molar-refractivity contribution in [2.45, 2.75) is 0 Å². The summed E-state index contributed by atoms with van der Waals surface area (Å²) in [5, 5.41) is 1.45. The zero-order chi connectivity index (χ0) is 21.2. The maximum atomic E-state index is 6.21. The minimum atomic E-state index is 0.723. The van der Waals surface area contributed by atoms with E-state index in [1.165, 1.54) is 0 Å². The van der Waals surface area contributed by atoms with Gasteiger partial charge in [0.15, 0.2) is 0 Å². The van der Waals surface area contributed by atoms with Gasteiger partial charge < -0.3 is 4.57 Å². The molecule has 3 heteroatoms. The van der Waals surface area contributed by atoms with Crippen molar-refractivity contribution in [3.8, 4) is 39.3 Å². The minimum absolute atomic E-state index is 0.723. The van der Waals surface area contributed by atoms with Crippen molar-refractivity contribution in [3.05, 3.63) is 125 Å². The van der Waals surface area contributed by atoms with Crippen LogP contribution in [0.2, 0.25) is 10.0 Å². The zero-order valence-corrected chi connectivity index (χ0v) is 18.2. The Morgan fingerprint density at radius 2 is 1.00 bits per heavy atom. The van der Waals surface area contributed by atoms with Crippen molar-refractivity contribution >= 4 is 23.2 Å². The van der Waals surface area contributed by atoms with Gasteiger partial charge in [0.1, 0.15) is 0 Å². The van der Waals surface area contributed by atoms with Gasteiger partial charge in [-0.3, -0.25) is 0 Å². The summed E-state index contributed by atoms with van der Waals surface area (Å²) in [7, 11) is 0. The van der Waals surface area contributed by atoms with Crippen LogP contribution < -0.4 is 0 Å². The summed E-state index contributed by atoms with van der Waals surface area (Å²) >= 11 is 12.4. The zero-order valence-electron chi connectivity index (χ0n) is 16.7. The molecule has 0 aliphatic carbocycles. The van der Waals surface area contributed by atoms with Crippen molar-refractivity contribution in [1.29, 1.82) is 0 Å². The quantitative estimate of drug-likeness (QED) is 0.263. The second-order valence-electron chi connectivity index (χ2n) is 7.34. The summed E-state index contributed by atoms with van der Waals surface area (Å²) in [6.45, 7) is 0. The lowest BCUT2D eigenvalue weighted by Gasteiger charge is -2.16. The molecule has 150 valence electrons. The van der Waals surface area contributed by atoms with Crippen LogP contribution in [0.3, 0.4) is 0 Å². The molecule has 4 aromatic carbocycles. The molecule has 0 spiro atoms. The first-order chi connectivity index (χ1) is 15.2. The molecule has 0 bridgehead atoms. The lowest BCUT2D eigenvalue weighted by atomic mass is 10.0. The number of nitrogens with zero attached hydrogens (tertiary/aromatic N) is 1. The second-order valence-corrected chi connectivity index (χ2v) is 8.22. The molecule has 5 rings (SSSR count). The summed E-state index contributed by atoms with van der Waals surface area (Å²) < 4.78 is 2.31.